The van der Waals surface area contributed by atoms with Crippen LogP contribution >= 0.6 is 11.6 Å². The quantitative estimate of drug-likeness (QED) is 0.101. The van der Waals surface area contributed by atoms with Crippen LogP contribution in [-0.2, 0) is 21.7 Å². The van der Waals surface area contributed by atoms with Gasteiger partial charge in [-0.3, -0.25) is 4.79 Å². The molecule has 0 bridgehead atoms. The molecule has 2 heterocycles. The van der Waals surface area contributed by atoms with Gasteiger partial charge in [0.2, 0.25) is 5.82 Å². The number of piperidine rings is 1. The number of aliphatic hydroxyl groups excluding tert-OH is 1. The second-order valence-corrected chi connectivity index (χ2v) is 12.6. The number of hydrogen-bond acceptors (Lipinski definition) is 6. The summed E-state index contributed by atoms with van der Waals surface area (Å²) in [5.41, 5.74) is 0.449. The van der Waals surface area contributed by atoms with Crippen LogP contribution in [0.1, 0.15) is 64.3 Å². The zero-order valence-electron chi connectivity index (χ0n) is 25.9. The largest absolute Gasteiger partial charge is 0.392 e. The van der Waals surface area contributed by atoms with Crippen LogP contribution in [-0.4, -0.2) is 46.8 Å². The van der Waals surface area contributed by atoms with E-state index in [-0.39, 0.29) is 24.5 Å². The molecule has 13 heteroatoms. The highest BCUT2D eigenvalue weighted by Crippen LogP contribution is 2.40. The number of ether oxygens (including phenoxy) is 2. The summed E-state index contributed by atoms with van der Waals surface area (Å²) in [5.74, 6) is -12.8. The topological polar surface area (TPSA) is 91.3 Å². The molecule has 49 heavy (non-hydrogen) atoms. The summed E-state index contributed by atoms with van der Waals surface area (Å²) in [6.07, 6.45) is 0.00878. The number of carbonyl (C=O) groups excluding carboxylic acids is 1. The van der Waals surface area contributed by atoms with Gasteiger partial charge in [0.05, 0.1) is 24.4 Å². The van der Waals surface area contributed by atoms with Crippen molar-refractivity contribution in [1.29, 1.82) is 0 Å². The lowest BCUT2D eigenvalue weighted by Crippen LogP contribution is -2.46. The molecular weight excluding hydrogens is 671 g/mol. The van der Waals surface area contributed by atoms with E-state index in [2.05, 4.69) is 10.2 Å². The maximum Gasteiger partial charge on any atom is 0.261 e. The zero-order chi connectivity index (χ0) is 34.9. The summed E-state index contributed by atoms with van der Waals surface area (Å²) >= 11 is 6.03. The fourth-order valence-corrected chi connectivity index (χ4v) is 6.32. The van der Waals surface area contributed by atoms with Gasteiger partial charge in [-0.1, -0.05) is 60.1 Å². The van der Waals surface area contributed by atoms with E-state index in [9.17, 15) is 37.0 Å². The summed E-state index contributed by atoms with van der Waals surface area (Å²) in [5, 5.41) is 23.6. The fourth-order valence-electron chi connectivity index (χ4n) is 6.20. The predicted molar refractivity (Wildman–Crippen MR) is 170 cm³/mol. The zero-order valence-corrected chi connectivity index (χ0v) is 26.7. The number of likely N-dealkylation sites (tertiary alicyclic amines) is 1. The van der Waals surface area contributed by atoms with E-state index in [1.165, 1.54) is 12.1 Å². The van der Waals surface area contributed by atoms with Gasteiger partial charge in [-0.15, -0.1) is 0 Å². The van der Waals surface area contributed by atoms with E-state index in [1.807, 2.05) is 36.4 Å². The maximum absolute atomic E-state index is 14.2. The van der Waals surface area contributed by atoms with Crippen molar-refractivity contribution >= 4 is 23.2 Å². The van der Waals surface area contributed by atoms with E-state index in [4.69, 9.17) is 21.1 Å². The number of amides is 1. The Hall–Kier alpha value is -3.91. The molecule has 0 spiro atoms. The average molecular weight is 703 g/mol. The Kier molecular flexibility index (Phi) is 10.4. The molecule has 0 unspecified atom stereocenters. The standard InChI is InChI=1S/C36H32ClF5N2O5/c37-24-9-7-23(8-10-24)36(47)13-15-44(16-14-36)18-26-17-27(21-3-1-20(19-45)2-4-21)49-35(48-26)22-5-11-25(12-6-22)43-34(46)28-29(38)31(40)33(42)32(41)30(28)39/h1-12,26-27,35,45,47H,13-19H2,(H,43,46)/t26-,27+,35+/m0/s1. The SMILES string of the molecule is O=C(Nc1ccc([C@@H]2O[C@H](CN3CCC(O)(c4ccc(Cl)cc4)CC3)C[C@H](c3ccc(CO)cc3)O2)cc1)c1c(F)c(F)c(F)c(F)c1F. The fraction of sp³-hybridized carbons (Fsp3) is 0.306. The Morgan fingerprint density at radius 3 is 1.98 bits per heavy atom. The lowest BCUT2D eigenvalue weighted by atomic mass is 9.84. The van der Waals surface area contributed by atoms with E-state index in [0.717, 1.165) is 16.7 Å². The molecule has 4 aromatic rings. The monoisotopic (exact) mass is 702 g/mol. The minimum atomic E-state index is -2.36. The molecule has 7 nitrogen and oxygen atoms in total. The number of anilines is 1. The molecule has 3 N–H and O–H groups in total. The smallest absolute Gasteiger partial charge is 0.261 e. The molecule has 0 aliphatic carbocycles. The molecule has 1 amide bonds. The number of benzene rings is 4. The van der Waals surface area contributed by atoms with Crippen LogP contribution in [0.4, 0.5) is 27.6 Å². The van der Waals surface area contributed by atoms with Gasteiger partial charge in [-0.25, -0.2) is 22.0 Å². The van der Waals surface area contributed by atoms with Crippen molar-refractivity contribution in [3.8, 4) is 0 Å². The molecule has 258 valence electrons. The number of carbonyl (C=O) groups is 1. The molecule has 4 aromatic carbocycles. The summed E-state index contributed by atoms with van der Waals surface area (Å²) in [4.78, 5) is 14.8. The van der Waals surface area contributed by atoms with Crippen LogP contribution in [0.2, 0.25) is 5.02 Å². The van der Waals surface area contributed by atoms with Gasteiger partial charge in [0.25, 0.3) is 5.91 Å². The van der Waals surface area contributed by atoms with Crippen molar-refractivity contribution < 1.29 is 46.4 Å². The Balaban J connectivity index is 1.17. The number of rotatable bonds is 8. The molecule has 2 aliphatic rings. The Morgan fingerprint density at radius 2 is 1.39 bits per heavy atom. The summed E-state index contributed by atoms with van der Waals surface area (Å²) in [6, 6.07) is 20.5. The Morgan fingerprint density at radius 1 is 0.816 bits per heavy atom. The first-order chi connectivity index (χ1) is 23.5. The third-order valence-corrected chi connectivity index (χ3v) is 9.27. The van der Waals surface area contributed by atoms with E-state index < -0.39 is 52.4 Å². The molecule has 6 rings (SSSR count). The number of halogens is 6. The first-order valence-corrected chi connectivity index (χ1v) is 16.0. The van der Waals surface area contributed by atoms with Crippen molar-refractivity contribution in [1.82, 2.24) is 4.90 Å². The number of aliphatic hydroxyl groups is 2. The van der Waals surface area contributed by atoms with Crippen LogP contribution in [0.5, 0.6) is 0 Å². The third-order valence-electron chi connectivity index (χ3n) is 9.02. The highest BCUT2D eigenvalue weighted by atomic mass is 35.5. The maximum atomic E-state index is 14.2. The highest BCUT2D eigenvalue weighted by Gasteiger charge is 2.37. The Bertz CT molecular complexity index is 1770. The molecule has 2 fully saturated rings. The molecular formula is C36H32ClF5N2O5. The van der Waals surface area contributed by atoms with Gasteiger partial charge in [0, 0.05) is 42.3 Å². The van der Waals surface area contributed by atoms with Crippen molar-refractivity contribution in [2.45, 2.75) is 50.0 Å². The predicted octanol–water partition coefficient (Wildman–Crippen LogP) is 7.31. The van der Waals surface area contributed by atoms with Gasteiger partial charge in [-0.05, 0) is 53.8 Å². The van der Waals surface area contributed by atoms with Crippen LogP contribution < -0.4 is 5.32 Å². The first-order valence-electron chi connectivity index (χ1n) is 15.6. The van der Waals surface area contributed by atoms with Crippen LogP contribution in [0.25, 0.3) is 0 Å². The Labute approximate surface area is 283 Å². The second-order valence-electron chi connectivity index (χ2n) is 12.2. The third kappa shape index (κ3) is 7.49. The van der Waals surface area contributed by atoms with E-state index in [0.29, 0.717) is 49.5 Å². The van der Waals surface area contributed by atoms with E-state index >= 15 is 0 Å². The van der Waals surface area contributed by atoms with Gasteiger partial charge in [0.15, 0.2) is 29.6 Å². The molecule has 0 saturated carbocycles. The molecule has 3 atom stereocenters. The molecule has 0 radical (unpaired) electrons. The summed E-state index contributed by atoms with van der Waals surface area (Å²) in [6.45, 7) is 1.69. The van der Waals surface area contributed by atoms with Gasteiger partial charge < -0.3 is 29.9 Å². The minimum Gasteiger partial charge on any atom is -0.392 e. The molecule has 2 saturated heterocycles. The summed E-state index contributed by atoms with van der Waals surface area (Å²) in [7, 11) is 0. The van der Waals surface area contributed by atoms with Crippen molar-refractivity contribution in [2.75, 3.05) is 25.0 Å². The minimum absolute atomic E-state index is 0.0303. The van der Waals surface area contributed by atoms with Crippen LogP contribution in [0.3, 0.4) is 0 Å². The van der Waals surface area contributed by atoms with Gasteiger partial charge in [-0.2, -0.15) is 0 Å². The lowest BCUT2D eigenvalue weighted by Gasteiger charge is -2.42. The number of hydrogen-bond donors (Lipinski definition) is 3. The molecule has 2 aliphatic heterocycles. The van der Waals surface area contributed by atoms with Crippen LogP contribution in [0.15, 0.2) is 72.8 Å². The number of nitrogens with one attached hydrogen (secondary N) is 1. The normalized spacial score (nSPS) is 21.0. The highest BCUT2D eigenvalue weighted by molar-refractivity contribution is 6.30. The average Bonchev–Trinajstić information content (AvgIpc) is 3.11. The lowest BCUT2D eigenvalue weighted by molar-refractivity contribution is -0.253. The summed E-state index contributed by atoms with van der Waals surface area (Å²) < 4.78 is 81.8. The second kappa shape index (κ2) is 14.5. The molecule has 0 aromatic heterocycles. The van der Waals surface area contributed by atoms with Crippen molar-refractivity contribution in [3.05, 3.63) is 135 Å². The van der Waals surface area contributed by atoms with Crippen LogP contribution in [0, 0.1) is 29.1 Å². The van der Waals surface area contributed by atoms with E-state index in [1.54, 1.807) is 24.3 Å². The van der Waals surface area contributed by atoms with Crippen molar-refractivity contribution in [3.63, 3.8) is 0 Å². The van der Waals surface area contributed by atoms with Gasteiger partial charge in [0.1, 0.15) is 5.56 Å². The van der Waals surface area contributed by atoms with Gasteiger partial charge >= 0.3 is 0 Å². The van der Waals surface area contributed by atoms with Crippen molar-refractivity contribution in [2.24, 2.45) is 0 Å². The first kappa shape index (κ1) is 34.9. The number of nitrogens with zero attached hydrogens (tertiary/aromatic N) is 1.